The van der Waals surface area contributed by atoms with E-state index in [1.807, 2.05) is 30.9 Å². The zero-order valence-electron chi connectivity index (χ0n) is 16.9. The summed E-state index contributed by atoms with van der Waals surface area (Å²) in [6.07, 6.45) is 0.681. The number of carbonyl (C=O) groups is 1. The Bertz CT molecular complexity index is 1180. The van der Waals surface area contributed by atoms with E-state index in [9.17, 15) is 14.0 Å². The van der Waals surface area contributed by atoms with Crippen molar-refractivity contribution >= 4 is 22.5 Å². The Hall–Kier alpha value is -2.99. The van der Waals surface area contributed by atoms with Crippen molar-refractivity contribution in [3.63, 3.8) is 0 Å². The number of amides is 1. The summed E-state index contributed by atoms with van der Waals surface area (Å²) >= 11 is 0. The number of halogens is 1. The van der Waals surface area contributed by atoms with Crippen molar-refractivity contribution in [3.05, 3.63) is 74.3 Å². The van der Waals surface area contributed by atoms with Crippen LogP contribution in [0.4, 0.5) is 10.1 Å². The normalized spacial score (nSPS) is 14.1. The number of nitrogens with zero attached hydrogens (tertiary/aromatic N) is 1. The van der Waals surface area contributed by atoms with Crippen LogP contribution in [0.1, 0.15) is 27.9 Å². The minimum absolute atomic E-state index is 0.0302. The number of H-pyrrole nitrogens is 1. The van der Waals surface area contributed by atoms with Crippen molar-refractivity contribution in [2.75, 3.05) is 18.4 Å². The average Bonchev–Trinajstić information content (AvgIpc) is 2.68. The molecule has 2 N–H and O–H groups in total. The highest BCUT2D eigenvalue weighted by molar-refractivity contribution is 5.92. The summed E-state index contributed by atoms with van der Waals surface area (Å²) in [5.74, 6) is -0.570. The van der Waals surface area contributed by atoms with Crippen LogP contribution >= 0.6 is 0 Å². The van der Waals surface area contributed by atoms with Gasteiger partial charge in [-0.2, -0.15) is 0 Å². The van der Waals surface area contributed by atoms with Crippen LogP contribution in [0, 0.1) is 26.6 Å². The Morgan fingerprint density at radius 3 is 2.69 bits per heavy atom. The number of hydrogen-bond donors (Lipinski definition) is 2. The van der Waals surface area contributed by atoms with Crippen molar-refractivity contribution in [1.82, 2.24) is 9.88 Å². The molecular weight excluding hydrogens is 369 g/mol. The van der Waals surface area contributed by atoms with E-state index in [0.717, 1.165) is 27.9 Å². The van der Waals surface area contributed by atoms with Crippen LogP contribution in [0.15, 0.2) is 35.1 Å². The fraction of sp³-hybridized carbons (Fsp3) is 0.304. The Morgan fingerprint density at radius 2 is 1.93 bits per heavy atom. The molecule has 1 aliphatic heterocycles. The fourth-order valence-corrected chi connectivity index (χ4v) is 3.85. The number of rotatable bonds is 3. The monoisotopic (exact) mass is 393 g/mol. The van der Waals surface area contributed by atoms with Gasteiger partial charge in [0, 0.05) is 41.8 Å². The van der Waals surface area contributed by atoms with E-state index >= 15 is 0 Å². The summed E-state index contributed by atoms with van der Waals surface area (Å²) in [6, 6.07) is 8.47. The first-order valence-electron chi connectivity index (χ1n) is 9.76. The third-order valence-electron chi connectivity index (χ3n) is 5.78. The molecule has 2 heterocycles. The van der Waals surface area contributed by atoms with Crippen LogP contribution in [0.5, 0.6) is 0 Å². The number of benzene rings is 2. The number of aryl methyl sites for hydroxylation is 3. The minimum Gasteiger partial charge on any atom is -0.358 e. The standard InChI is InChI=1S/C23H24FN3O2/c1-13-5-7-17-22(15(13)3)26-20-8-9-27(11-18(20)23(17)29)12-21(28)25-16-6-4-14(2)19(24)10-16/h4-7,10H,8-9,11-12H2,1-3H3,(H,25,28)(H,26,29). The molecule has 150 valence electrons. The maximum absolute atomic E-state index is 13.7. The Morgan fingerprint density at radius 1 is 1.17 bits per heavy atom. The number of carbonyl (C=O) groups excluding carboxylic acids is 1. The first-order valence-corrected chi connectivity index (χ1v) is 9.76. The number of hydrogen-bond acceptors (Lipinski definition) is 3. The lowest BCUT2D eigenvalue weighted by molar-refractivity contribution is -0.117. The third kappa shape index (κ3) is 3.68. The molecule has 0 aliphatic carbocycles. The first-order chi connectivity index (χ1) is 13.8. The van der Waals surface area contributed by atoms with Crippen LogP contribution in [0.2, 0.25) is 0 Å². The van der Waals surface area contributed by atoms with Gasteiger partial charge in [0.2, 0.25) is 5.91 Å². The van der Waals surface area contributed by atoms with Gasteiger partial charge >= 0.3 is 0 Å². The summed E-state index contributed by atoms with van der Waals surface area (Å²) in [7, 11) is 0. The van der Waals surface area contributed by atoms with Crippen molar-refractivity contribution < 1.29 is 9.18 Å². The van der Waals surface area contributed by atoms with Crippen LogP contribution in [-0.2, 0) is 17.8 Å². The van der Waals surface area contributed by atoms with E-state index in [0.29, 0.717) is 36.1 Å². The molecular formula is C23H24FN3O2. The summed E-state index contributed by atoms with van der Waals surface area (Å²) in [6.45, 7) is 6.98. The molecule has 1 aliphatic rings. The fourth-order valence-electron chi connectivity index (χ4n) is 3.85. The summed E-state index contributed by atoms with van der Waals surface area (Å²) in [5, 5.41) is 3.42. The van der Waals surface area contributed by atoms with E-state index in [1.165, 1.54) is 6.07 Å². The van der Waals surface area contributed by atoms with Gasteiger partial charge in [-0.25, -0.2) is 4.39 Å². The van der Waals surface area contributed by atoms with Gasteiger partial charge in [0.1, 0.15) is 5.82 Å². The molecule has 6 heteroatoms. The smallest absolute Gasteiger partial charge is 0.238 e. The summed E-state index contributed by atoms with van der Waals surface area (Å²) in [5.41, 5.74) is 5.82. The van der Waals surface area contributed by atoms with Gasteiger partial charge in [0.05, 0.1) is 12.1 Å². The topological polar surface area (TPSA) is 65.2 Å². The van der Waals surface area contributed by atoms with E-state index in [-0.39, 0.29) is 23.7 Å². The van der Waals surface area contributed by atoms with Gasteiger partial charge in [-0.05, 0) is 55.7 Å². The molecule has 29 heavy (non-hydrogen) atoms. The van der Waals surface area contributed by atoms with Gasteiger partial charge in [0.25, 0.3) is 0 Å². The molecule has 0 fully saturated rings. The molecule has 0 saturated carbocycles. The van der Waals surface area contributed by atoms with Crippen molar-refractivity contribution in [2.24, 2.45) is 0 Å². The first kappa shape index (κ1) is 19.3. The van der Waals surface area contributed by atoms with Gasteiger partial charge < -0.3 is 10.3 Å². The van der Waals surface area contributed by atoms with Gasteiger partial charge in [-0.1, -0.05) is 12.1 Å². The van der Waals surface area contributed by atoms with Crippen molar-refractivity contribution in [2.45, 2.75) is 33.7 Å². The Balaban J connectivity index is 1.53. The number of pyridine rings is 1. The van der Waals surface area contributed by atoms with Gasteiger partial charge in [-0.3, -0.25) is 14.5 Å². The quantitative estimate of drug-likeness (QED) is 0.715. The second kappa shape index (κ2) is 7.44. The SMILES string of the molecule is Cc1ccc(NC(=O)CN2CCc3[nH]c4c(C)c(C)ccc4c(=O)c3C2)cc1F. The summed E-state index contributed by atoms with van der Waals surface area (Å²) < 4.78 is 13.7. The maximum atomic E-state index is 13.7. The Kier molecular flexibility index (Phi) is 4.96. The van der Waals surface area contributed by atoms with Crippen molar-refractivity contribution in [1.29, 1.82) is 0 Å². The zero-order chi connectivity index (χ0) is 20.7. The largest absolute Gasteiger partial charge is 0.358 e. The van der Waals surface area contributed by atoms with Crippen LogP contribution < -0.4 is 10.7 Å². The minimum atomic E-state index is -0.348. The van der Waals surface area contributed by atoms with Gasteiger partial charge in [0.15, 0.2) is 5.43 Å². The van der Waals surface area contributed by atoms with E-state index in [4.69, 9.17) is 0 Å². The summed E-state index contributed by atoms with van der Waals surface area (Å²) in [4.78, 5) is 30.8. The second-order valence-electron chi connectivity index (χ2n) is 7.81. The molecule has 0 spiro atoms. The number of anilines is 1. The molecule has 5 nitrogen and oxygen atoms in total. The molecule has 0 atom stereocenters. The maximum Gasteiger partial charge on any atom is 0.238 e. The molecule has 0 saturated heterocycles. The molecule has 0 radical (unpaired) electrons. The van der Waals surface area contributed by atoms with Crippen molar-refractivity contribution in [3.8, 4) is 0 Å². The van der Waals surface area contributed by atoms with Crippen LogP contribution in [0.3, 0.4) is 0 Å². The number of aromatic amines is 1. The molecule has 4 rings (SSSR count). The number of nitrogens with one attached hydrogen (secondary N) is 2. The molecule has 0 unspecified atom stereocenters. The van der Waals surface area contributed by atoms with Gasteiger partial charge in [-0.15, -0.1) is 0 Å². The Labute approximate surface area is 168 Å². The number of aromatic nitrogens is 1. The molecule has 1 amide bonds. The molecule has 1 aromatic heterocycles. The zero-order valence-corrected chi connectivity index (χ0v) is 16.9. The van der Waals surface area contributed by atoms with E-state index in [2.05, 4.69) is 10.3 Å². The second-order valence-corrected chi connectivity index (χ2v) is 7.81. The third-order valence-corrected chi connectivity index (χ3v) is 5.78. The van der Waals surface area contributed by atoms with E-state index in [1.54, 1.807) is 19.1 Å². The lowest BCUT2D eigenvalue weighted by atomic mass is 9.99. The molecule has 2 aromatic carbocycles. The lowest BCUT2D eigenvalue weighted by Crippen LogP contribution is -2.39. The van der Waals surface area contributed by atoms with Crippen LogP contribution in [0.25, 0.3) is 10.9 Å². The lowest BCUT2D eigenvalue weighted by Gasteiger charge is -2.28. The highest BCUT2D eigenvalue weighted by atomic mass is 19.1. The number of fused-ring (bicyclic) bond motifs is 2. The molecule has 0 bridgehead atoms. The highest BCUT2D eigenvalue weighted by Crippen LogP contribution is 2.22. The van der Waals surface area contributed by atoms with Crippen LogP contribution in [-0.4, -0.2) is 28.9 Å². The molecule has 3 aromatic rings. The van der Waals surface area contributed by atoms with E-state index < -0.39 is 0 Å². The average molecular weight is 393 g/mol. The predicted octanol–water partition coefficient (Wildman–Crippen LogP) is 3.59. The predicted molar refractivity (Wildman–Crippen MR) is 113 cm³/mol. The highest BCUT2D eigenvalue weighted by Gasteiger charge is 2.23.